The van der Waals surface area contributed by atoms with Gasteiger partial charge in [0.1, 0.15) is 6.29 Å². The first-order chi connectivity index (χ1) is 6.81. The van der Waals surface area contributed by atoms with Crippen molar-refractivity contribution >= 4 is 6.29 Å². The predicted octanol–water partition coefficient (Wildman–Crippen LogP) is 0.783. The summed E-state index contributed by atoms with van der Waals surface area (Å²) in [5.41, 5.74) is 1.40. The van der Waals surface area contributed by atoms with E-state index in [0.717, 1.165) is 12.0 Å². The summed E-state index contributed by atoms with van der Waals surface area (Å²) in [5.74, 6) is 0.688. The number of aromatic nitrogens is 4. The molecule has 0 spiro atoms. The number of benzene rings is 1. The lowest BCUT2D eigenvalue weighted by Gasteiger charge is -2.00. The van der Waals surface area contributed by atoms with Gasteiger partial charge in [-0.25, -0.2) is 0 Å². The summed E-state index contributed by atoms with van der Waals surface area (Å²) >= 11 is 0. The Balaban J connectivity index is 2.52. The summed E-state index contributed by atoms with van der Waals surface area (Å²) in [5, 5.41) is 11.1. The summed E-state index contributed by atoms with van der Waals surface area (Å²) in [4.78, 5) is 10.6. The molecule has 2 aromatic rings. The van der Waals surface area contributed by atoms with Gasteiger partial charge in [-0.1, -0.05) is 12.1 Å². The van der Waals surface area contributed by atoms with Crippen LogP contribution in [-0.2, 0) is 0 Å². The minimum absolute atomic E-state index is 0.609. The molecule has 1 aromatic carbocycles. The zero-order chi connectivity index (χ0) is 9.97. The van der Waals surface area contributed by atoms with Crippen LogP contribution in [0.25, 0.3) is 5.69 Å². The topological polar surface area (TPSA) is 60.7 Å². The highest BCUT2D eigenvalue weighted by molar-refractivity contribution is 5.75. The Morgan fingerprint density at radius 2 is 2.29 bits per heavy atom. The molecule has 1 aromatic heterocycles. The van der Waals surface area contributed by atoms with Crippen molar-refractivity contribution < 1.29 is 4.79 Å². The lowest BCUT2D eigenvalue weighted by atomic mass is 10.2. The number of aryl methyl sites for hydroxylation is 1. The molecule has 2 rings (SSSR count). The van der Waals surface area contributed by atoms with Gasteiger partial charge in [-0.15, -0.1) is 5.10 Å². The highest BCUT2D eigenvalue weighted by atomic mass is 16.1. The number of tetrazole rings is 1. The van der Waals surface area contributed by atoms with Gasteiger partial charge in [-0.3, -0.25) is 4.79 Å². The van der Waals surface area contributed by atoms with E-state index in [1.807, 2.05) is 6.07 Å². The standard InChI is InChI=1S/C9H8N4O/c1-7-10-11-12-13(7)9-4-2-3-8(5-9)6-14/h2-6H,1H3. The second-order valence-electron chi connectivity index (χ2n) is 2.85. The Bertz CT molecular complexity index is 463. The molecule has 0 bridgehead atoms. The lowest BCUT2D eigenvalue weighted by Crippen LogP contribution is -1.99. The molecule has 0 atom stereocenters. The van der Waals surface area contributed by atoms with E-state index in [4.69, 9.17) is 0 Å². The number of carbonyl (C=O) groups excluding carboxylic acids is 1. The zero-order valence-electron chi connectivity index (χ0n) is 7.58. The fraction of sp³-hybridized carbons (Fsp3) is 0.111. The van der Waals surface area contributed by atoms with Gasteiger partial charge < -0.3 is 0 Å². The molecule has 0 aliphatic heterocycles. The zero-order valence-corrected chi connectivity index (χ0v) is 7.58. The van der Waals surface area contributed by atoms with Crippen molar-refractivity contribution in [3.8, 4) is 5.69 Å². The number of aldehydes is 1. The van der Waals surface area contributed by atoms with Crippen molar-refractivity contribution in [2.45, 2.75) is 6.92 Å². The Labute approximate surface area is 80.4 Å². The largest absolute Gasteiger partial charge is 0.298 e. The van der Waals surface area contributed by atoms with E-state index < -0.39 is 0 Å². The monoisotopic (exact) mass is 188 g/mol. The van der Waals surface area contributed by atoms with Crippen molar-refractivity contribution in [1.29, 1.82) is 0 Å². The van der Waals surface area contributed by atoms with Gasteiger partial charge in [0.15, 0.2) is 5.82 Å². The van der Waals surface area contributed by atoms with Crippen LogP contribution in [0.3, 0.4) is 0 Å². The molecule has 0 N–H and O–H groups in total. The van der Waals surface area contributed by atoms with E-state index in [-0.39, 0.29) is 0 Å². The van der Waals surface area contributed by atoms with Crippen LogP contribution in [0, 0.1) is 6.92 Å². The third-order valence-corrected chi connectivity index (χ3v) is 1.88. The van der Waals surface area contributed by atoms with Gasteiger partial charge >= 0.3 is 0 Å². The highest BCUT2D eigenvalue weighted by Crippen LogP contribution is 2.08. The minimum atomic E-state index is 0.609. The molecule has 0 radical (unpaired) electrons. The Kier molecular flexibility index (Phi) is 2.06. The van der Waals surface area contributed by atoms with Crippen molar-refractivity contribution in [2.75, 3.05) is 0 Å². The van der Waals surface area contributed by atoms with Crippen molar-refractivity contribution in [1.82, 2.24) is 20.2 Å². The molecule has 70 valence electrons. The SMILES string of the molecule is Cc1nnnn1-c1cccc(C=O)c1. The van der Waals surface area contributed by atoms with E-state index >= 15 is 0 Å². The number of hydrogen-bond acceptors (Lipinski definition) is 4. The second kappa shape index (κ2) is 3.37. The summed E-state index contributed by atoms with van der Waals surface area (Å²) in [6.07, 6.45) is 0.795. The molecule has 0 aliphatic carbocycles. The van der Waals surface area contributed by atoms with E-state index in [1.165, 1.54) is 0 Å². The molecule has 0 fully saturated rings. The minimum Gasteiger partial charge on any atom is -0.298 e. The van der Waals surface area contributed by atoms with Gasteiger partial charge in [-0.2, -0.15) is 4.68 Å². The molecule has 0 aliphatic rings. The fourth-order valence-corrected chi connectivity index (χ4v) is 1.20. The average Bonchev–Trinajstić information content (AvgIpc) is 2.65. The van der Waals surface area contributed by atoms with E-state index in [1.54, 1.807) is 29.8 Å². The van der Waals surface area contributed by atoms with E-state index in [9.17, 15) is 4.79 Å². The normalized spacial score (nSPS) is 10.1. The quantitative estimate of drug-likeness (QED) is 0.653. The van der Waals surface area contributed by atoms with Crippen molar-refractivity contribution in [3.63, 3.8) is 0 Å². The van der Waals surface area contributed by atoms with Crippen LogP contribution in [0.15, 0.2) is 24.3 Å². The summed E-state index contributed by atoms with van der Waals surface area (Å²) in [7, 11) is 0. The molecule has 0 saturated heterocycles. The van der Waals surface area contributed by atoms with Crippen LogP contribution >= 0.6 is 0 Å². The number of rotatable bonds is 2. The van der Waals surface area contributed by atoms with Crippen LogP contribution < -0.4 is 0 Å². The number of hydrogen-bond donors (Lipinski definition) is 0. The van der Waals surface area contributed by atoms with Crippen LogP contribution in [0.2, 0.25) is 0 Å². The van der Waals surface area contributed by atoms with Crippen LogP contribution in [0.1, 0.15) is 16.2 Å². The number of carbonyl (C=O) groups is 1. The van der Waals surface area contributed by atoms with Crippen LogP contribution in [0.5, 0.6) is 0 Å². The first-order valence-corrected chi connectivity index (χ1v) is 4.12. The van der Waals surface area contributed by atoms with Gasteiger partial charge in [-0.05, 0) is 29.5 Å². The molecule has 5 heteroatoms. The van der Waals surface area contributed by atoms with Crippen molar-refractivity contribution in [2.24, 2.45) is 0 Å². The fourth-order valence-electron chi connectivity index (χ4n) is 1.20. The Morgan fingerprint density at radius 1 is 1.43 bits per heavy atom. The molecular weight excluding hydrogens is 180 g/mol. The maximum absolute atomic E-state index is 10.6. The first kappa shape index (κ1) is 8.55. The van der Waals surface area contributed by atoms with Crippen LogP contribution in [0.4, 0.5) is 0 Å². The van der Waals surface area contributed by atoms with Gasteiger partial charge in [0.25, 0.3) is 0 Å². The van der Waals surface area contributed by atoms with Gasteiger partial charge in [0.05, 0.1) is 5.69 Å². The van der Waals surface area contributed by atoms with Crippen LogP contribution in [-0.4, -0.2) is 26.5 Å². The average molecular weight is 188 g/mol. The highest BCUT2D eigenvalue weighted by Gasteiger charge is 2.03. The molecule has 1 heterocycles. The molecule has 5 nitrogen and oxygen atoms in total. The predicted molar refractivity (Wildman–Crippen MR) is 49.3 cm³/mol. The van der Waals surface area contributed by atoms with E-state index in [2.05, 4.69) is 15.5 Å². The third kappa shape index (κ3) is 1.39. The molecule has 14 heavy (non-hydrogen) atoms. The Morgan fingerprint density at radius 3 is 2.93 bits per heavy atom. The summed E-state index contributed by atoms with van der Waals surface area (Å²) < 4.78 is 1.58. The van der Waals surface area contributed by atoms with Crippen molar-refractivity contribution in [3.05, 3.63) is 35.7 Å². The van der Waals surface area contributed by atoms with Gasteiger partial charge in [0, 0.05) is 5.56 Å². The maximum Gasteiger partial charge on any atom is 0.153 e. The maximum atomic E-state index is 10.6. The summed E-state index contributed by atoms with van der Waals surface area (Å²) in [6.45, 7) is 1.80. The second-order valence-corrected chi connectivity index (χ2v) is 2.85. The number of nitrogens with zero attached hydrogens (tertiary/aromatic N) is 4. The molecule has 0 amide bonds. The van der Waals surface area contributed by atoms with E-state index in [0.29, 0.717) is 11.4 Å². The Hall–Kier alpha value is -2.04. The van der Waals surface area contributed by atoms with Gasteiger partial charge in [0.2, 0.25) is 0 Å². The smallest absolute Gasteiger partial charge is 0.153 e. The lowest BCUT2D eigenvalue weighted by molar-refractivity contribution is 0.112. The summed E-state index contributed by atoms with van der Waals surface area (Å²) in [6, 6.07) is 7.10. The third-order valence-electron chi connectivity index (χ3n) is 1.88. The molecule has 0 saturated carbocycles. The molecular formula is C9H8N4O. The first-order valence-electron chi connectivity index (χ1n) is 4.12. The molecule has 0 unspecified atom stereocenters.